The summed E-state index contributed by atoms with van der Waals surface area (Å²) in [5.74, 6) is 0.943. The Bertz CT molecular complexity index is 289. The second-order valence-corrected chi connectivity index (χ2v) is 4.12. The van der Waals surface area contributed by atoms with E-state index in [1.54, 1.807) is 0 Å². The van der Waals surface area contributed by atoms with E-state index in [4.69, 9.17) is 9.47 Å². The Balaban J connectivity index is 2.21. The minimum Gasteiger partial charge on any atom is -0.491 e. The van der Waals surface area contributed by atoms with Crippen molar-refractivity contribution >= 4 is 15.9 Å². The van der Waals surface area contributed by atoms with E-state index < -0.39 is 0 Å². The van der Waals surface area contributed by atoms with Gasteiger partial charge in [0.15, 0.2) is 0 Å². The number of unbranched alkanes of at least 4 members (excludes halogenated alkanes) is 1. The lowest BCUT2D eigenvalue weighted by Crippen LogP contribution is -2.08. The van der Waals surface area contributed by atoms with Crippen molar-refractivity contribution in [2.75, 3.05) is 19.8 Å². The molecular weight excluding hydrogens is 268 g/mol. The van der Waals surface area contributed by atoms with Crippen molar-refractivity contribution in [1.29, 1.82) is 0 Å². The summed E-state index contributed by atoms with van der Waals surface area (Å²) in [5, 5.41) is 0.819. The van der Waals surface area contributed by atoms with Crippen molar-refractivity contribution in [2.24, 2.45) is 0 Å². The molecule has 1 rings (SSSR count). The van der Waals surface area contributed by atoms with Crippen LogP contribution in [0.5, 0.6) is 5.75 Å². The quantitative estimate of drug-likeness (QED) is 0.535. The van der Waals surface area contributed by atoms with Gasteiger partial charge in [-0.2, -0.15) is 0 Å². The van der Waals surface area contributed by atoms with Crippen molar-refractivity contribution in [2.45, 2.75) is 25.1 Å². The van der Waals surface area contributed by atoms with Crippen LogP contribution in [0.3, 0.4) is 0 Å². The third-order valence-corrected chi connectivity index (χ3v) is 2.85. The van der Waals surface area contributed by atoms with Crippen LogP contribution in [0.25, 0.3) is 0 Å². The highest BCUT2D eigenvalue weighted by Gasteiger charge is 2.00. The van der Waals surface area contributed by atoms with Crippen LogP contribution in [-0.2, 0) is 10.1 Å². The van der Waals surface area contributed by atoms with Gasteiger partial charge in [0.2, 0.25) is 0 Å². The summed E-state index contributed by atoms with van der Waals surface area (Å²) in [4.78, 5) is 0. The molecule has 0 amide bonds. The summed E-state index contributed by atoms with van der Waals surface area (Å²) in [6.07, 6.45) is 2.30. The molecule has 3 heteroatoms. The Labute approximate surface area is 106 Å². The SMILES string of the molecule is CCCCOCCOc1ccccc1CBr. The van der Waals surface area contributed by atoms with E-state index in [-0.39, 0.29) is 0 Å². The number of alkyl halides is 1. The topological polar surface area (TPSA) is 18.5 Å². The van der Waals surface area contributed by atoms with Gasteiger partial charge in [-0.05, 0) is 12.5 Å². The normalized spacial score (nSPS) is 10.4. The molecule has 0 N–H and O–H groups in total. The Morgan fingerprint density at radius 3 is 2.69 bits per heavy atom. The highest BCUT2D eigenvalue weighted by Crippen LogP contribution is 2.20. The van der Waals surface area contributed by atoms with Crippen molar-refractivity contribution in [3.05, 3.63) is 29.8 Å². The standard InChI is InChI=1S/C13H19BrO2/c1-2-3-8-15-9-10-16-13-7-5-4-6-12(13)11-14/h4-7H,2-3,8-11H2,1H3. The highest BCUT2D eigenvalue weighted by atomic mass is 79.9. The first-order valence-electron chi connectivity index (χ1n) is 5.73. The third-order valence-electron chi connectivity index (χ3n) is 2.24. The molecule has 0 spiro atoms. The van der Waals surface area contributed by atoms with E-state index in [0.717, 1.165) is 24.1 Å². The fourth-order valence-corrected chi connectivity index (χ4v) is 1.78. The average molecular weight is 287 g/mol. The largest absolute Gasteiger partial charge is 0.491 e. The fourth-order valence-electron chi connectivity index (χ4n) is 1.31. The molecule has 0 radical (unpaired) electrons. The van der Waals surface area contributed by atoms with Crippen LogP contribution in [0.15, 0.2) is 24.3 Å². The van der Waals surface area contributed by atoms with Crippen molar-refractivity contribution in [1.82, 2.24) is 0 Å². The molecule has 1 aromatic rings. The molecular formula is C13H19BrO2. The molecule has 1 aromatic carbocycles. The summed E-state index contributed by atoms with van der Waals surface area (Å²) in [7, 11) is 0. The van der Waals surface area contributed by atoms with Gasteiger partial charge < -0.3 is 9.47 Å². The minimum absolute atomic E-state index is 0.619. The van der Waals surface area contributed by atoms with Gasteiger partial charge in [-0.15, -0.1) is 0 Å². The molecule has 0 bridgehead atoms. The Kier molecular flexibility index (Phi) is 7.26. The zero-order valence-corrected chi connectivity index (χ0v) is 11.3. The van der Waals surface area contributed by atoms with Gasteiger partial charge in [-0.1, -0.05) is 47.5 Å². The Morgan fingerprint density at radius 1 is 1.12 bits per heavy atom. The van der Waals surface area contributed by atoms with Crippen LogP contribution in [0.2, 0.25) is 0 Å². The number of rotatable bonds is 8. The lowest BCUT2D eigenvalue weighted by Gasteiger charge is -2.09. The molecule has 0 aliphatic rings. The van der Waals surface area contributed by atoms with Crippen LogP contribution < -0.4 is 4.74 Å². The first kappa shape index (κ1) is 13.5. The number of ether oxygens (including phenoxy) is 2. The fraction of sp³-hybridized carbons (Fsp3) is 0.538. The molecule has 0 aromatic heterocycles. The van der Waals surface area contributed by atoms with Crippen LogP contribution in [0.4, 0.5) is 0 Å². The van der Waals surface area contributed by atoms with Crippen LogP contribution >= 0.6 is 15.9 Å². The molecule has 0 atom stereocenters. The van der Waals surface area contributed by atoms with Crippen LogP contribution in [0.1, 0.15) is 25.3 Å². The van der Waals surface area contributed by atoms with E-state index in [2.05, 4.69) is 28.9 Å². The van der Waals surface area contributed by atoms with Crippen molar-refractivity contribution in [3.63, 3.8) is 0 Å². The smallest absolute Gasteiger partial charge is 0.123 e. The van der Waals surface area contributed by atoms with E-state index in [9.17, 15) is 0 Å². The summed E-state index contributed by atoms with van der Waals surface area (Å²) >= 11 is 3.44. The first-order valence-corrected chi connectivity index (χ1v) is 6.85. The number of halogens is 1. The number of para-hydroxylation sites is 1. The molecule has 0 saturated carbocycles. The monoisotopic (exact) mass is 286 g/mol. The predicted octanol–water partition coefficient (Wildman–Crippen LogP) is 3.78. The maximum absolute atomic E-state index is 5.65. The average Bonchev–Trinajstić information content (AvgIpc) is 2.34. The summed E-state index contributed by atoms with van der Waals surface area (Å²) in [5.41, 5.74) is 1.18. The molecule has 0 fully saturated rings. The Hall–Kier alpha value is -0.540. The second kappa shape index (κ2) is 8.59. The molecule has 0 aliphatic carbocycles. The van der Waals surface area contributed by atoms with Gasteiger partial charge in [0.05, 0.1) is 6.61 Å². The van der Waals surface area contributed by atoms with E-state index in [1.807, 2.05) is 18.2 Å². The minimum atomic E-state index is 0.619. The lowest BCUT2D eigenvalue weighted by molar-refractivity contribution is 0.0978. The maximum Gasteiger partial charge on any atom is 0.123 e. The van der Waals surface area contributed by atoms with E-state index in [0.29, 0.717) is 13.2 Å². The number of hydrogen-bond donors (Lipinski definition) is 0. The van der Waals surface area contributed by atoms with Gasteiger partial charge in [-0.25, -0.2) is 0 Å². The van der Waals surface area contributed by atoms with Crippen molar-refractivity contribution in [3.8, 4) is 5.75 Å². The van der Waals surface area contributed by atoms with Crippen molar-refractivity contribution < 1.29 is 9.47 Å². The molecule has 16 heavy (non-hydrogen) atoms. The van der Waals surface area contributed by atoms with Gasteiger partial charge in [0, 0.05) is 17.5 Å². The molecule has 0 saturated heterocycles. The lowest BCUT2D eigenvalue weighted by atomic mass is 10.2. The second-order valence-electron chi connectivity index (χ2n) is 3.56. The zero-order valence-electron chi connectivity index (χ0n) is 9.75. The molecule has 0 heterocycles. The van der Waals surface area contributed by atoms with Gasteiger partial charge in [-0.3, -0.25) is 0 Å². The summed E-state index contributed by atoms with van der Waals surface area (Å²) < 4.78 is 11.1. The van der Waals surface area contributed by atoms with E-state index in [1.165, 1.54) is 12.0 Å². The highest BCUT2D eigenvalue weighted by molar-refractivity contribution is 9.08. The first-order chi connectivity index (χ1) is 7.88. The third kappa shape index (κ3) is 4.99. The summed E-state index contributed by atoms with van der Waals surface area (Å²) in [6, 6.07) is 8.05. The van der Waals surface area contributed by atoms with Gasteiger partial charge in [0.1, 0.15) is 12.4 Å². The van der Waals surface area contributed by atoms with Gasteiger partial charge >= 0.3 is 0 Å². The van der Waals surface area contributed by atoms with Crippen LogP contribution in [0, 0.1) is 0 Å². The summed E-state index contributed by atoms with van der Waals surface area (Å²) in [6.45, 7) is 4.27. The number of benzene rings is 1. The zero-order chi connectivity index (χ0) is 11.6. The van der Waals surface area contributed by atoms with Gasteiger partial charge in [0.25, 0.3) is 0 Å². The van der Waals surface area contributed by atoms with Crippen LogP contribution in [-0.4, -0.2) is 19.8 Å². The predicted molar refractivity (Wildman–Crippen MR) is 70.3 cm³/mol. The molecule has 90 valence electrons. The molecule has 2 nitrogen and oxygen atoms in total. The Morgan fingerprint density at radius 2 is 1.94 bits per heavy atom. The van der Waals surface area contributed by atoms with E-state index >= 15 is 0 Å². The molecule has 0 aliphatic heterocycles. The number of hydrogen-bond acceptors (Lipinski definition) is 2. The molecule has 0 unspecified atom stereocenters. The maximum atomic E-state index is 5.65.